The van der Waals surface area contributed by atoms with E-state index in [4.69, 9.17) is 14.6 Å². The van der Waals surface area contributed by atoms with Gasteiger partial charge in [-0.3, -0.25) is 9.59 Å². The van der Waals surface area contributed by atoms with Gasteiger partial charge in [0, 0.05) is 23.9 Å². The number of hydrogen-bond acceptors (Lipinski definition) is 4. The number of nitrogens with one attached hydrogen (secondary N) is 1. The molecule has 1 amide bonds. The Morgan fingerprint density at radius 2 is 1.58 bits per heavy atom. The third-order valence-electron chi connectivity index (χ3n) is 2.71. The summed E-state index contributed by atoms with van der Waals surface area (Å²) in [6, 6.07) is 4.81. The number of anilines is 1. The molecule has 0 saturated heterocycles. The summed E-state index contributed by atoms with van der Waals surface area (Å²) in [4.78, 5) is 22.9. The number of aliphatic carboxylic acids is 1. The Morgan fingerprint density at radius 3 is 1.95 bits per heavy atom. The molecule has 0 aliphatic heterocycles. The van der Waals surface area contributed by atoms with E-state index in [1.807, 2.05) is 0 Å². The largest absolute Gasteiger partial charge is 0.497 e. The number of benzene rings is 1. The zero-order valence-corrected chi connectivity index (χ0v) is 11.3. The van der Waals surface area contributed by atoms with Crippen molar-refractivity contribution in [3.05, 3.63) is 18.2 Å². The predicted molar refractivity (Wildman–Crippen MR) is 69.6 cm³/mol. The van der Waals surface area contributed by atoms with Gasteiger partial charge in [-0.15, -0.1) is 0 Å². The third kappa shape index (κ3) is 3.37. The van der Waals surface area contributed by atoms with E-state index in [-0.39, 0.29) is 0 Å². The minimum absolute atomic E-state index is 0.413. The molecule has 0 aliphatic carbocycles. The van der Waals surface area contributed by atoms with E-state index in [1.54, 1.807) is 18.2 Å². The average molecular weight is 267 g/mol. The van der Waals surface area contributed by atoms with E-state index in [2.05, 4.69) is 5.32 Å². The van der Waals surface area contributed by atoms with Gasteiger partial charge in [0.1, 0.15) is 16.9 Å². The van der Waals surface area contributed by atoms with Gasteiger partial charge in [-0.1, -0.05) is 0 Å². The second-order valence-corrected chi connectivity index (χ2v) is 4.49. The van der Waals surface area contributed by atoms with E-state index in [9.17, 15) is 9.59 Å². The summed E-state index contributed by atoms with van der Waals surface area (Å²) in [6.45, 7) is 2.67. The van der Waals surface area contributed by atoms with E-state index in [0.29, 0.717) is 17.2 Å². The number of carbonyl (C=O) groups is 2. The van der Waals surface area contributed by atoms with Crippen LogP contribution in [-0.4, -0.2) is 31.2 Å². The molecular formula is C13H17NO5. The van der Waals surface area contributed by atoms with Crippen molar-refractivity contribution in [3.63, 3.8) is 0 Å². The summed E-state index contributed by atoms with van der Waals surface area (Å²) < 4.78 is 10.1. The van der Waals surface area contributed by atoms with Crippen molar-refractivity contribution in [2.24, 2.45) is 5.41 Å². The van der Waals surface area contributed by atoms with Gasteiger partial charge in [0.15, 0.2) is 0 Å². The van der Waals surface area contributed by atoms with E-state index >= 15 is 0 Å². The Bertz CT molecular complexity index is 474. The average Bonchev–Trinajstić information content (AvgIpc) is 2.37. The zero-order chi connectivity index (χ0) is 14.6. The topological polar surface area (TPSA) is 84.9 Å². The maximum atomic E-state index is 11.9. The highest BCUT2D eigenvalue weighted by Gasteiger charge is 2.36. The molecule has 0 fully saturated rings. The van der Waals surface area contributed by atoms with Gasteiger partial charge in [-0.25, -0.2) is 0 Å². The Hall–Kier alpha value is -2.24. The Kier molecular flexibility index (Phi) is 4.37. The molecule has 0 saturated carbocycles. The number of rotatable bonds is 5. The summed E-state index contributed by atoms with van der Waals surface area (Å²) in [7, 11) is 2.98. The van der Waals surface area contributed by atoms with E-state index < -0.39 is 17.3 Å². The van der Waals surface area contributed by atoms with Crippen molar-refractivity contribution in [2.45, 2.75) is 13.8 Å². The highest BCUT2D eigenvalue weighted by Crippen LogP contribution is 2.27. The minimum Gasteiger partial charge on any atom is -0.497 e. The molecule has 19 heavy (non-hydrogen) atoms. The van der Waals surface area contributed by atoms with Gasteiger partial charge in [-0.05, 0) is 13.8 Å². The lowest BCUT2D eigenvalue weighted by atomic mass is 9.92. The molecular weight excluding hydrogens is 250 g/mol. The van der Waals surface area contributed by atoms with Crippen LogP contribution in [-0.2, 0) is 9.59 Å². The summed E-state index contributed by atoms with van der Waals surface area (Å²) >= 11 is 0. The molecule has 2 N–H and O–H groups in total. The molecule has 0 unspecified atom stereocenters. The fourth-order valence-electron chi connectivity index (χ4n) is 1.26. The van der Waals surface area contributed by atoms with Crippen LogP contribution in [0.3, 0.4) is 0 Å². The van der Waals surface area contributed by atoms with Gasteiger partial charge in [-0.2, -0.15) is 0 Å². The smallest absolute Gasteiger partial charge is 0.318 e. The number of carbonyl (C=O) groups excluding carboxylic acids is 1. The van der Waals surface area contributed by atoms with Crippen LogP contribution in [0, 0.1) is 5.41 Å². The second kappa shape index (κ2) is 5.60. The molecule has 0 spiro atoms. The first-order chi connectivity index (χ1) is 8.81. The Labute approximate surface area is 111 Å². The lowest BCUT2D eigenvalue weighted by Crippen LogP contribution is -2.37. The van der Waals surface area contributed by atoms with Crippen molar-refractivity contribution in [1.82, 2.24) is 0 Å². The molecule has 0 atom stereocenters. The van der Waals surface area contributed by atoms with Crippen LogP contribution in [0.25, 0.3) is 0 Å². The summed E-state index contributed by atoms with van der Waals surface area (Å²) in [5.74, 6) is -0.805. The van der Waals surface area contributed by atoms with Crippen molar-refractivity contribution in [1.29, 1.82) is 0 Å². The summed E-state index contributed by atoms with van der Waals surface area (Å²) in [5.41, 5.74) is -1.11. The maximum Gasteiger partial charge on any atom is 0.318 e. The van der Waals surface area contributed by atoms with Crippen LogP contribution < -0.4 is 14.8 Å². The minimum atomic E-state index is -1.52. The monoisotopic (exact) mass is 267 g/mol. The van der Waals surface area contributed by atoms with E-state index in [0.717, 1.165) is 0 Å². The third-order valence-corrected chi connectivity index (χ3v) is 2.71. The number of methoxy groups -OCH3 is 2. The van der Waals surface area contributed by atoms with Crippen molar-refractivity contribution < 1.29 is 24.2 Å². The first-order valence-electron chi connectivity index (χ1n) is 5.59. The molecule has 0 aromatic heterocycles. The lowest BCUT2D eigenvalue weighted by Gasteiger charge is -2.19. The van der Waals surface area contributed by atoms with Gasteiger partial charge < -0.3 is 19.9 Å². The van der Waals surface area contributed by atoms with Gasteiger partial charge >= 0.3 is 5.97 Å². The molecule has 6 heteroatoms. The van der Waals surface area contributed by atoms with Crippen LogP contribution in [0.5, 0.6) is 11.5 Å². The van der Waals surface area contributed by atoms with Crippen molar-refractivity contribution in [2.75, 3.05) is 19.5 Å². The van der Waals surface area contributed by atoms with Crippen LogP contribution >= 0.6 is 0 Å². The van der Waals surface area contributed by atoms with Crippen LogP contribution in [0.2, 0.25) is 0 Å². The molecule has 0 bridgehead atoms. The van der Waals surface area contributed by atoms with Crippen LogP contribution in [0.1, 0.15) is 13.8 Å². The fraction of sp³-hybridized carbons (Fsp3) is 0.385. The normalized spacial score (nSPS) is 10.7. The molecule has 1 rings (SSSR count). The quantitative estimate of drug-likeness (QED) is 0.794. The second-order valence-electron chi connectivity index (χ2n) is 4.49. The first kappa shape index (κ1) is 14.8. The number of hydrogen-bond donors (Lipinski definition) is 2. The Morgan fingerprint density at radius 1 is 1.11 bits per heavy atom. The molecule has 1 aromatic carbocycles. The highest BCUT2D eigenvalue weighted by atomic mass is 16.5. The molecule has 0 heterocycles. The van der Waals surface area contributed by atoms with Gasteiger partial charge in [0.05, 0.1) is 14.2 Å². The molecule has 6 nitrogen and oxygen atoms in total. The SMILES string of the molecule is COc1cc(NC(=O)C(C)(C)C(=O)O)cc(OC)c1. The summed E-state index contributed by atoms with van der Waals surface area (Å²) in [6.07, 6.45) is 0. The standard InChI is InChI=1S/C13H17NO5/c1-13(2,12(16)17)11(15)14-8-5-9(18-3)7-10(6-8)19-4/h5-7H,1-4H3,(H,14,15)(H,16,17). The van der Waals surface area contributed by atoms with Crippen LogP contribution in [0.15, 0.2) is 18.2 Å². The van der Waals surface area contributed by atoms with E-state index in [1.165, 1.54) is 28.1 Å². The number of carboxylic acid groups (broad SMARTS) is 1. The number of amides is 1. The van der Waals surface area contributed by atoms with Gasteiger partial charge in [0.25, 0.3) is 0 Å². The Balaban J connectivity index is 2.99. The molecule has 104 valence electrons. The first-order valence-corrected chi connectivity index (χ1v) is 5.59. The lowest BCUT2D eigenvalue weighted by molar-refractivity contribution is -0.151. The zero-order valence-electron chi connectivity index (χ0n) is 11.3. The molecule has 0 radical (unpaired) electrons. The van der Waals surface area contributed by atoms with Crippen molar-refractivity contribution in [3.8, 4) is 11.5 Å². The summed E-state index contributed by atoms with van der Waals surface area (Å²) in [5, 5.41) is 11.5. The molecule has 1 aromatic rings. The van der Waals surface area contributed by atoms with Gasteiger partial charge in [0.2, 0.25) is 5.91 Å². The fourth-order valence-corrected chi connectivity index (χ4v) is 1.26. The van der Waals surface area contributed by atoms with Crippen molar-refractivity contribution >= 4 is 17.6 Å². The maximum absolute atomic E-state index is 11.9. The van der Waals surface area contributed by atoms with Crippen LogP contribution in [0.4, 0.5) is 5.69 Å². The number of carboxylic acids is 1. The predicted octanol–water partition coefficient (Wildman–Crippen LogP) is 1.75. The highest BCUT2D eigenvalue weighted by molar-refractivity contribution is 6.07. The number of ether oxygens (including phenoxy) is 2. The molecule has 0 aliphatic rings.